The lowest BCUT2D eigenvalue weighted by Crippen LogP contribution is -2.08. The quantitative estimate of drug-likeness (QED) is 0.430. The first-order valence-corrected chi connectivity index (χ1v) is 7.73. The van der Waals surface area contributed by atoms with E-state index in [2.05, 4.69) is 15.9 Å². The minimum Gasteiger partial charge on any atom is -0.503 e. The van der Waals surface area contributed by atoms with Crippen molar-refractivity contribution in [1.29, 1.82) is 0 Å². The van der Waals surface area contributed by atoms with Crippen LogP contribution in [0, 0.1) is 0 Å². The molecule has 0 heterocycles. The van der Waals surface area contributed by atoms with Crippen molar-refractivity contribution in [3.63, 3.8) is 0 Å². The van der Waals surface area contributed by atoms with Gasteiger partial charge in [0, 0.05) is 0 Å². The van der Waals surface area contributed by atoms with E-state index >= 15 is 0 Å². The molecule has 0 spiro atoms. The van der Waals surface area contributed by atoms with Crippen molar-refractivity contribution in [3.8, 4) is 5.75 Å². The molecular formula is C18H17BrO4. The molecule has 2 rings (SSSR count). The fraction of sp³-hybridized carbons (Fsp3) is 0.167. The highest BCUT2D eigenvalue weighted by atomic mass is 79.9. The van der Waals surface area contributed by atoms with Crippen molar-refractivity contribution in [2.45, 2.75) is 6.61 Å². The van der Waals surface area contributed by atoms with Gasteiger partial charge in [-0.3, -0.25) is 0 Å². The lowest BCUT2D eigenvalue weighted by molar-refractivity contribution is -0.133. The Morgan fingerprint density at radius 1 is 1.09 bits per heavy atom. The average molecular weight is 377 g/mol. The van der Waals surface area contributed by atoms with Crippen molar-refractivity contribution in [1.82, 2.24) is 0 Å². The van der Waals surface area contributed by atoms with Crippen LogP contribution in [0.15, 0.2) is 59.3 Å². The standard InChI is InChI=1S/C18H17BrO4/c1-21-12-15(18(20)22-2)14-8-4-3-7-13(14)11-23-17-10-6-5-9-16(17)19/h3-10,12H,11H2,1-2H3. The number of carbonyl (C=O) groups is 1. The van der Waals surface area contributed by atoms with Crippen LogP contribution in [-0.4, -0.2) is 20.2 Å². The molecule has 0 aliphatic heterocycles. The van der Waals surface area contributed by atoms with E-state index < -0.39 is 5.97 Å². The molecule has 2 aromatic rings. The second-order valence-corrected chi connectivity index (χ2v) is 5.49. The summed E-state index contributed by atoms with van der Waals surface area (Å²) in [6.45, 7) is 0.316. The summed E-state index contributed by atoms with van der Waals surface area (Å²) in [6.07, 6.45) is 1.38. The Kier molecular flexibility index (Phi) is 6.23. The third-order valence-electron chi connectivity index (χ3n) is 3.17. The van der Waals surface area contributed by atoms with Crippen molar-refractivity contribution in [3.05, 3.63) is 70.4 Å². The van der Waals surface area contributed by atoms with Crippen molar-refractivity contribution >= 4 is 27.5 Å². The van der Waals surface area contributed by atoms with E-state index in [0.29, 0.717) is 17.7 Å². The Bertz CT molecular complexity index is 710. The van der Waals surface area contributed by atoms with Gasteiger partial charge in [0.05, 0.1) is 25.0 Å². The molecule has 0 N–H and O–H groups in total. The van der Waals surface area contributed by atoms with Crippen LogP contribution in [0.3, 0.4) is 0 Å². The summed E-state index contributed by atoms with van der Waals surface area (Å²) in [4.78, 5) is 12.0. The number of esters is 1. The van der Waals surface area contributed by atoms with E-state index in [1.165, 1.54) is 20.5 Å². The van der Waals surface area contributed by atoms with Gasteiger partial charge in [-0.05, 0) is 39.2 Å². The zero-order valence-electron chi connectivity index (χ0n) is 12.9. The summed E-state index contributed by atoms with van der Waals surface area (Å²) >= 11 is 3.45. The van der Waals surface area contributed by atoms with Crippen LogP contribution in [0.2, 0.25) is 0 Å². The van der Waals surface area contributed by atoms with Gasteiger partial charge in [0.25, 0.3) is 0 Å². The fourth-order valence-electron chi connectivity index (χ4n) is 2.08. The Hall–Kier alpha value is -2.27. The molecule has 0 aromatic heterocycles. The van der Waals surface area contributed by atoms with Crippen LogP contribution >= 0.6 is 15.9 Å². The van der Waals surface area contributed by atoms with E-state index in [-0.39, 0.29) is 0 Å². The van der Waals surface area contributed by atoms with Crippen LogP contribution in [0.5, 0.6) is 5.75 Å². The number of halogens is 1. The first-order chi connectivity index (χ1) is 11.2. The predicted octanol–water partition coefficient (Wildman–Crippen LogP) is 4.19. The highest BCUT2D eigenvalue weighted by Crippen LogP contribution is 2.27. The highest BCUT2D eigenvalue weighted by Gasteiger charge is 2.17. The number of ether oxygens (including phenoxy) is 3. The van der Waals surface area contributed by atoms with Gasteiger partial charge in [0.15, 0.2) is 0 Å². The lowest BCUT2D eigenvalue weighted by atomic mass is 10.0. The molecule has 0 aliphatic rings. The molecule has 2 aromatic carbocycles. The van der Waals surface area contributed by atoms with Crippen molar-refractivity contribution in [2.24, 2.45) is 0 Å². The molecule has 4 nitrogen and oxygen atoms in total. The van der Waals surface area contributed by atoms with Crippen LogP contribution in [0.1, 0.15) is 11.1 Å². The third-order valence-corrected chi connectivity index (χ3v) is 3.82. The maximum atomic E-state index is 12.0. The minimum atomic E-state index is -0.458. The van der Waals surface area contributed by atoms with Gasteiger partial charge in [-0.15, -0.1) is 0 Å². The van der Waals surface area contributed by atoms with Crippen molar-refractivity contribution in [2.75, 3.05) is 14.2 Å². The number of carbonyl (C=O) groups excluding carboxylic acids is 1. The number of hydrogen-bond acceptors (Lipinski definition) is 4. The van der Waals surface area contributed by atoms with Crippen molar-refractivity contribution < 1.29 is 19.0 Å². The summed E-state index contributed by atoms with van der Waals surface area (Å²) in [5, 5.41) is 0. The number of para-hydroxylation sites is 1. The first-order valence-electron chi connectivity index (χ1n) is 6.94. The summed E-state index contributed by atoms with van der Waals surface area (Å²) in [5.41, 5.74) is 1.92. The van der Waals surface area contributed by atoms with Gasteiger partial charge >= 0.3 is 5.97 Å². The summed E-state index contributed by atoms with van der Waals surface area (Å²) in [6, 6.07) is 15.1. The molecule has 0 bridgehead atoms. The molecule has 23 heavy (non-hydrogen) atoms. The molecule has 120 valence electrons. The molecule has 0 fully saturated rings. The normalized spacial score (nSPS) is 11.0. The number of benzene rings is 2. The SMILES string of the molecule is COC=C(C(=O)OC)c1ccccc1COc1ccccc1Br. The molecule has 0 radical (unpaired) electrons. The van der Waals surface area contributed by atoms with Gasteiger partial charge in [-0.2, -0.15) is 0 Å². The van der Waals surface area contributed by atoms with E-state index in [0.717, 1.165) is 15.8 Å². The minimum absolute atomic E-state index is 0.316. The number of hydrogen-bond donors (Lipinski definition) is 0. The summed E-state index contributed by atoms with van der Waals surface area (Å²) in [5.74, 6) is 0.276. The van der Waals surface area contributed by atoms with Gasteiger partial charge in [-0.1, -0.05) is 36.4 Å². The van der Waals surface area contributed by atoms with E-state index in [1.807, 2.05) is 48.5 Å². The Morgan fingerprint density at radius 3 is 2.48 bits per heavy atom. The molecule has 0 saturated carbocycles. The largest absolute Gasteiger partial charge is 0.503 e. The Balaban J connectivity index is 2.28. The van der Waals surface area contributed by atoms with E-state index in [9.17, 15) is 4.79 Å². The van der Waals surface area contributed by atoms with Gasteiger partial charge < -0.3 is 14.2 Å². The van der Waals surface area contributed by atoms with E-state index in [4.69, 9.17) is 14.2 Å². The maximum Gasteiger partial charge on any atom is 0.341 e. The molecule has 0 amide bonds. The molecule has 5 heteroatoms. The second-order valence-electron chi connectivity index (χ2n) is 4.64. The Morgan fingerprint density at radius 2 is 1.78 bits per heavy atom. The van der Waals surface area contributed by atoms with Gasteiger partial charge in [-0.25, -0.2) is 4.79 Å². The summed E-state index contributed by atoms with van der Waals surface area (Å²) in [7, 11) is 2.83. The number of methoxy groups -OCH3 is 2. The van der Waals surface area contributed by atoms with E-state index in [1.54, 1.807) is 0 Å². The highest BCUT2D eigenvalue weighted by molar-refractivity contribution is 9.10. The van der Waals surface area contributed by atoms with Crippen LogP contribution in [-0.2, 0) is 20.9 Å². The van der Waals surface area contributed by atoms with Crippen LogP contribution in [0.25, 0.3) is 5.57 Å². The molecule has 0 unspecified atom stereocenters. The smallest absolute Gasteiger partial charge is 0.341 e. The zero-order chi connectivity index (χ0) is 16.7. The zero-order valence-corrected chi connectivity index (χ0v) is 14.5. The van der Waals surface area contributed by atoms with Crippen LogP contribution < -0.4 is 4.74 Å². The molecule has 0 atom stereocenters. The first kappa shape index (κ1) is 17.1. The molecule has 0 saturated heterocycles. The fourth-order valence-corrected chi connectivity index (χ4v) is 2.47. The predicted molar refractivity (Wildman–Crippen MR) is 91.9 cm³/mol. The third kappa shape index (κ3) is 4.36. The second kappa shape index (κ2) is 8.39. The maximum absolute atomic E-state index is 12.0. The topological polar surface area (TPSA) is 44.8 Å². The summed E-state index contributed by atoms with van der Waals surface area (Å²) < 4.78 is 16.5. The lowest BCUT2D eigenvalue weighted by Gasteiger charge is -2.13. The van der Waals surface area contributed by atoms with Gasteiger partial charge in [0.2, 0.25) is 0 Å². The van der Waals surface area contributed by atoms with Crippen LogP contribution in [0.4, 0.5) is 0 Å². The Labute approximate surface area is 143 Å². The van der Waals surface area contributed by atoms with Gasteiger partial charge in [0.1, 0.15) is 17.9 Å². The molecular weight excluding hydrogens is 360 g/mol. The number of rotatable bonds is 6. The average Bonchev–Trinajstić information content (AvgIpc) is 2.59. The monoisotopic (exact) mass is 376 g/mol. The molecule has 0 aliphatic carbocycles.